The number of aliphatic hydroxyl groups is 1. The second kappa shape index (κ2) is 8.94. The van der Waals surface area contributed by atoms with Crippen LogP contribution >= 0.6 is 0 Å². The van der Waals surface area contributed by atoms with E-state index in [1.807, 2.05) is 30.3 Å². The third kappa shape index (κ3) is 4.08. The number of nitro groups is 1. The van der Waals surface area contributed by atoms with Crippen molar-refractivity contribution in [1.82, 2.24) is 4.90 Å². The second-order valence-corrected chi connectivity index (χ2v) is 8.12. The zero-order valence-corrected chi connectivity index (χ0v) is 18.4. The summed E-state index contributed by atoms with van der Waals surface area (Å²) in [5.41, 5.74) is 1.32. The van der Waals surface area contributed by atoms with Crippen LogP contribution < -0.4 is 9.47 Å². The highest BCUT2D eigenvalue weighted by Crippen LogP contribution is 2.42. The molecule has 1 amide bonds. The molecule has 1 fully saturated rings. The molecule has 176 valence electrons. The smallest absolute Gasteiger partial charge is 0.295 e. The molecule has 0 spiro atoms. The minimum absolute atomic E-state index is 0.100. The van der Waals surface area contributed by atoms with Crippen LogP contribution in [0.2, 0.25) is 0 Å². The molecule has 0 bridgehead atoms. The van der Waals surface area contributed by atoms with Gasteiger partial charge in [0.1, 0.15) is 19.0 Å². The van der Waals surface area contributed by atoms with Gasteiger partial charge >= 0.3 is 0 Å². The van der Waals surface area contributed by atoms with Crippen molar-refractivity contribution in [2.75, 3.05) is 13.2 Å². The fourth-order valence-corrected chi connectivity index (χ4v) is 4.29. The number of ketones is 1. The molecule has 0 saturated carbocycles. The molecular formula is C26H20N2O7. The number of nitro benzene ring substituents is 1. The molecule has 1 N–H and O–H groups in total. The third-order valence-corrected chi connectivity index (χ3v) is 5.97. The van der Waals surface area contributed by atoms with Gasteiger partial charge in [-0.1, -0.05) is 30.3 Å². The van der Waals surface area contributed by atoms with Crippen molar-refractivity contribution in [3.05, 3.63) is 105 Å². The van der Waals surface area contributed by atoms with Gasteiger partial charge in [-0.3, -0.25) is 19.7 Å². The van der Waals surface area contributed by atoms with Crippen molar-refractivity contribution >= 4 is 23.1 Å². The molecular weight excluding hydrogens is 452 g/mol. The Balaban J connectivity index is 1.63. The highest BCUT2D eigenvalue weighted by Gasteiger charge is 2.46. The molecule has 1 saturated heterocycles. The zero-order valence-electron chi connectivity index (χ0n) is 18.4. The third-order valence-electron chi connectivity index (χ3n) is 5.97. The summed E-state index contributed by atoms with van der Waals surface area (Å²) >= 11 is 0. The van der Waals surface area contributed by atoms with Crippen LogP contribution in [0, 0.1) is 10.1 Å². The van der Waals surface area contributed by atoms with E-state index in [1.165, 1.54) is 29.2 Å². The van der Waals surface area contributed by atoms with E-state index in [0.717, 1.165) is 5.56 Å². The SMILES string of the molecule is O=C1C(=O)N(Cc2ccccc2)[C@@H](c2ccc([N+](=O)[O-])cc2)/C1=C(\O)c1ccc2c(c1)OCCO2. The van der Waals surface area contributed by atoms with Gasteiger partial charge in [-0.25, -0.2) is 0 Å². The van der Waals surface area contributed by atoms with Gasteiger partial charge < -0.3 is 19.5 Å². The van der Waals surface area contributed by atoms with E-state index < -0.39 is 22.7 Å². The number of Topliss-reactive ketones (excluding diaryl/α,β-unsaturated/α-hetero) is 1. The molecule has 3 aromatic rings. The van der Waals surface area contributed by atoms with Gasteiger partial charge in [0.15, 0.2) is 11.5 Å². The number of likely N-dealkylation sites (tertiary alicyclic amines) is 1. The van der Waals surface area contributed by atoms with Crippen LogP contribution in [0.1, 0.15) is 22.7 Å². The van der Waals surface area contributed by atoms with Crippen molar-refractivity contribution in [1.29, 1.82) is 0 Å². The Morgan fingerprint density at radius 2 is 1.66 bits per heavy atom. The van der Waals surface area contributed by atoms with Gasteiger partial charge in [-0.05, 0) is 41.5 Å². The monoisotopic (exact) mass is 472 g/mol. The van der Waals surface area contributed by atoms with Crippen molar-refractivity contribution in [2.45, 2.75) is 12.6 Å². The number of carbonyl (C=O) groups is 2. The van der Waals surface area contributed by atoms with E-state index in [-0.39, 0.29) is 23.6 Å². The van der Waals surface area contributed by atoms with Crippen LogP contribution in [0.4, 0.5) is 5.69 Å². The van der Waals surface area contributed by atoms with Gasteiger partial charge in [0, 0.05) is 24.2 Å². The maximum atomic E-state index is 13.2. The predicted molar refractivity (Wildman–Crippen MR) is 125 cm³/mol. The van der Waals surface area contributed by atoms with Gasteiger partial charge in [-0.15, -0.1) is 0 Å². The average Bonchev–Trinajstić information content (AvgIpc) is 3.13. The lowest BCUT2D eigenvalue weighted by Gasteiger charge is -2.25. The Hall–Kier alpha value is -4.66. The first kappa shape index (κ1) is 22.1. The summed E-state index contributed by atoms with van der Waals surface area (Å²) in [6, 6.07) is 18.6. The van der Waals surface area contributed by atoms with Crippen molar-refractivity contribution in [3.8, 4) is 11.5 Å². The number of amides is 1. The van der Waals surface area contributed by atoms with E-state index >= 15 is 0 Å². The molecule has 0 aromatic heterocycles. The number of rotatable bonds is 5. The van der Waals surface area contributed by atoms with Gasteiger partial charge in [0.25, 0.3) is 17.4 Å². The maximum absolute atomic E-state index is 13.2. The zero-order chi connectivity index (χ0) is 24.5. The summed E-state index contributed by atoms with van der Waals surface area (Å²) in [5, 5.41) is 22.4. The Morgan fingerprint density at radius 3 is 2.34 bits per heavy atom. The summed E-state index contributed by atoms with van der Waals surface area (Å²) in [5.74, 6) is -1.03. The number of non-ortho nitro benzene ring substituents is 1. The lowest BCUT2D eigenvalue weighted by Crippen LogP contribution is -2.29. The molecule has 2 heterocycles. The molecule has 2 aliphatic heterocycles. The number of aliphatic hydroxyl groups excluding tert-OH is 1. The molecule has 0 unspecified atom stereocenters. The number of carbonyl (C=O) groups excluding carboxylic acids is 2. The number of ether oxygens (including phenoxy) is 2. The first-order valence-corrected chi connectivity index (χ1v) is 10.9. The molecule has 9 nitrogen and oxygen atoms in total. The first-order chi connectivity index (χ1) is 16.9. The largest absolute Gasteiger partial charge is 0.507 e. The molecule has 2 aliphatic rings. The lowest BCUT2D eigenvalue weighted by molar-refractivity contribution is -0.384. The standard InChI is InChI=1S/C26H20N2O7/c29-24(18-8-11-20-21(14-18)35-13-12-34-20)22-23(17-6-9-19(10-7-17)28(32)33)27(26(31)25(22)30)15-16-4-2-1-3-5-16/h1-11,14,23,29H,12-13,15H2/b24-22+/t23-/m0/s1. The average molecular weight is 472 g/mol. The Morgan fingerprint density at radius 1 is 0.971 bits per heavy atom. The molecule has 0 aliphatic carbocycles. The minimum Gasteiger partial charge on any atom is -0.507 e. The highest BCUT2D eigenvalue weighted by molar-refractivity contribution is 6.46. The quantitative estimate of drug-likeness (QED) is 0.196. The van der Waals surface area contributed by atoms with Crippen LogP contribution in [0.5, 0.6) is 11.5 Å². The summed E-state index contributed by atoms with van der Waals surface area (Å²) in [6.45, 7) is 0.871. The number of benzene rings is 3. The Labute approximate surface area is 200 Å². The normalized spacial score (nSPS) is 18.5. The van der Waals surface area contributed by atoms with Crippen molar-refractivity contribution < 1.29 is 29.1 Å². The van der Waals surface area contributed by atoms with Gasteiger partial charge in [0.05, 0.1) is 16.5 Å². The van der Waals surface area contributed by atoms with E-state index in [1.54, 1.807) is 18.2 Å². The van der Waals surface area contributed by atoms with Crippen LogP contribution in [0.25, 0.3) is 5.76 Å². The van der Waals surface area contributed by atoms with E-state index in [0.29, 0.717) is 35.8 Å². The van der Waals surface area contributed by atoms with Crippen molar-refractivity contribution in [3.63, 3.8) is 0 Å². The van der Waals surface area contributed by atoms with Crippen molar-refractivity contribution in [2.24, 2.45) is 0 Å². The first-order valence-electron chi connectivity index (χ1n) is 10.9. The highest BCUT2D eigenvalue weighted by atomic mass is 16.6. The van der Waals surface area contributed by atoms with Crippen LogP contribution in [0.15, 0.2) is 78.4 Å². The molecule has 1 atom stereocenters. The molecule has 9 heteroatoms. The summed E-state index contributed by atoms with van der Waals surface area (Å²) in [4.78, 5) is 38.3. The summed E-state index contributed by atoms with van der Waals surface area (Å²) < 4.78 is 11.1. The fourth-order valence-electron chi connectivity index (χ4n) is 4.29. The lowest BCUT2D eigenvalue weighted by atomic mass is 9.95. The molecule has 3 aromatic carbocycles. The van der Waals surface area contributed by atoms with E-state index in [9.17, 15) is 24.8 Å². The molecule has 5 rings (SSSR count). The molecule has 0 radical (unpaired) electrons. The maximum Gasteiger partial charge on any atom is 0.295 e. The number of hydrogen-bond acceptors (Lipinski definition) is 7. The number of nitrogens with zero attached hydrogens (tertiary/aromatic N) is 2. The second-order valence-electron chi connectivity index (χ2n) is 8.12. The molecule has 35 heavy (non-hydrogen) atoms. The number of fused-ring (bicyclic) bond motifs is 1. The van der Waals surface area contributed by atoms with Gasteiger partial charge in [0.2, 0.25) is 0 Å². The Kier molecular flexibility index (Phi) is 5.66. The topological polar surface area (TPSA) is 119 Å². The number of hydrogen-bond donors (Lipinski definition) is 1. The van der Waals surface area contributed by atoms with Crippen LogP contribution in [0.3, 0.4) is 0 Å². The summed E-state index contributed by atoms with van der Waals surface area (Å²) in [6.07, 6.45) is 0. The van der Waals surface area contributed by atoms with E-state index in [4.69, 9.17) is 9.47 Å². The predicted octanol–water partition coefficient (Wildman–Crippen LogP) is 3.99. The minimum atomic E-state index is -0.941. The summed E-state index contributed by atoms with van der Waals surface area (Å²) in [7, 11) is 0. The fraction of sp³-hybridized carbons (Fsp3) is 0.154. The van der Waals surface area contributed by atoms with Gasteiger partial charge in [-0.2, -0.15) is 0 Å². The van der Waals surface area contributed by atoms with Crippen LogP contribution in [-0.2, 0) is 16.1 Å². The Bertz CT molecular complexity index is 1350. The van der Waals surface area contributed by atoms with E-state index in [2.05, 4.69) is 0 Å². The van der Waals surface area contributed by atoms with Crippen LogP contribution in [-0.4, -0.2) is 39.8 Å².